The maximum Gasteiger partial charge on any atom is 0.134 e. The topological polar surface area (TPSA) is 38.7 Å². The van der Waals surface area contributed by atoms with Gasteiger partial charge < -0.3 is 14.6 Å². The smallest absolute Gasteiger partial charge is 0.134 e. The van der Waals surface area contributed by atoms with E-state index >= 15 is 0 Å². The predicted molar refractivity (Wildman–Crippen MR) is 111 cm³/mol. The second kappa shape index (κ2) is 9.85. The Kier molecular flexibility index (Phi) is 7.52. The van der Waals surface area contributed by atoms with E-state index < -0.39 is 0 Å². The second-order valence-electron chi connectivity index (χ2n) is 6.50. The molecular formula is C24H28O3. The van der Waals surface area contributed by atoms with Crippen molar-refractivity contribution in [1.82, 2.24) is 0 Å². The Balaban J connectivity index is 2.34. The Hall–Kier alpha value is -2.70. The number of ether oxygens (including phenoxy) is 2. The van der Waals surface area contributed by atoms with Gasteiger partial charge in [0, 0.05) is 13.0 Å². The number of rotatable bonds is 7. The van der Waals surface area contributed by atoms with Gasteiger partial charge in [0.2, 0.25) is 0 Å². The van der Waals surface area contributed by atoms with Crippen LogP contribution in [0.1, 0.15) is 47.1 Å². The third kappa shape index (κ3) is 5.15. The van der Waals surface area contributed by atoms with E-state index in [-0.39, 0.29) is 6.61 Å². The highest BCUT2D eigenvalue weighted by Crippen LogP contribution is 2.31. The molecule has 2 rings (SSSR count). The summed E-state index contributed by atoms with van der Waals surface area (Å²) in [6.07, 6.45) is 2.42. The van der Waals surface area contributed by atoms with Gasteiger partial charge in [-0.3, -0.25) is 0 Å². The number of methoxy groups -OCH3 is 2. The van der Waals surface area contributed by atoms with Crippen molar-refractivity contribution < 1.29 is 14.6 Å². The molecule has 142 valence electrons. The van der Waals surface area contributed by atoms with Crippen LogP contribution in [0.4, 0.5) is 0 Å². The maximum absolute atomic E-state index is 8.86. The molecule has 0 saturated heterocycles. The molecule has 0 aliphatic heterocycles. The molecule has 0 heterocycles. The van der Waals surface area contributed by atoms with E-state index in [1.807, 2.05) is 24.3 Å². The first-order valence-corrected chi connectivity index (χ1v) is 9.14. The van der Waals surface area contributed by atoms with Crippen LogP contribution < -0.4 is 9.47 Å². The molecule has 0 amide bonds. The predicted octanol–water partition coefficient (Wildman–Crippen LogP) is 4.90. The van der Waals surface area contributed by atoms with Gasteiger partial charge in [0.15, 0.2) is 0 Å². The van der Waals surface area contributed by atoms with Crippen molar-refractivity contribution in [3.8, 4) is 23.3 Å². The van der Waals surface area contributed by atoms with Crippen LogP contribution in [0.25, 0.3) is 5.57 Å². The van der Waals surface area contributed by atoms with Crippen molar-refractivity contribution in [3.05, 3.63) is 64.7 Å². The molecule has 0 spiro atoms. The molecule has 0 atom stereocenters. The molecule has 0 bridgehead atoms. The van der Waals surface area contributed by atoms with Crippen molar-refractivity contribution in [3.63, 3.8) is 0 Å². The molecule has 3 heteroatoms. The minimum Gasteiger partial charge on any atom is -0.496 e. The zero-order valence-corrected chi connectivity index (χ0v) is 16.7. The minimum absolute atomic E-state index is 0.208. The molecule has 0 fully saturated rings. The Labute approximate surface area is 162 Å². The number of benzene rings is 2. The number of hydrogen-bond acceptors (Lipinski definition) is 3. The highest BCUT2D eigenvalue weighted by atomic mass is 16.5. The fraction of sp³-hybridized carbons (Fsp3) is 0.333. The fourth-order valence-electron chi connectivity index (χ4n) is 2.86. The normalized spacial score (nSPS) is 10.1. The summed E-state index contributed by atoms with van der Waals surface area (Å²) in [4.78, 5) is 0. The molecule has 0 aromatic heterocycles. The maximum atomic E-state index is 8.86. The van der Waals surface area contributed by atoms with Gasteiger partial charge >= 0.3 is 0 Å². The highest BCUT2D eigenvalue weighted by molar-refractivity contribution is 5.80. The van der Waals surface area contributed by atoms with Crippen LogP contribution in [0.5, 0.6) is 11.5 Å². The first-order valence-electron chi connectivity index (χ1n) is 9.14. The van der Waals surface area contributed by atoms with Gasteiger partial charge in [0.05, 0.1) is 19.8 Å². The van der Waals surface area contributed by atoms with E-state index in [1.165, 1.54) is 5.56 Å². The molecule has 0 aliphatic rings. The van der Waals surface area contributed by atoms with Crippen LogP contribution in [0.2, 0.25) is 0 Å². The summed E-state index contributed by atoms with van der Waals surface area (Å²) in [5.74, 6) is 7.96. The molecular weight excluding hydrogens is 336 g/mol. The van der Waals surface area contributed by atoms with Gasteiger partial charge in [-0.25, -0.2) is 0 Å². The summed E-state index contributed by atoms with van der Waals surface area (Å²) >= 11 is 0. The Morgan fingerprint density at radius 3 is 2.41 bits per heavy atom. The number of aryl methyl sites for hydroxylation is 1. The Morgan fingerprint density at radius 2 is 1.74 bits per heavy atom. The number of aliphatic hydroxyl groups is 1. The molecule has 1 N–H and O–H groups in total. The average molecular weight is 364 g/mol. The molecule has 2 aromatic rings. The van der Waals surface area contributed by atoms with Crippen LogP contribution in [0.3, 0.4) is 0 Å². The lowest BCUT2D eigenvalue weighted by molar-refractivity contribution is 0.285. The summed E-state index contributed by atoms with van der Waals surface area (Å²) in [6.45, 7) is 8.62. The van der Waals surface area contributed by atoms with Gasteiger partial charge in [-0.05, 0) is 72.7 Å². The van der Waals surface area contributed by atoms with E-state index in [4.69, 9.17) is 14.6 Å². The molecule has 0 saturated carbocycles. The monoisotopic (exact) mass is 364 g/mol. The average Bonchev–Trinajstić information content (AvgIpc) is 2.69. The van der Waals surface area contributed by atoms with Gasteiger partial charge in [-0.15, -0.1) is 0 Å². The van der Waals surface area contributed by atoms with Gasteiger partial charge in [0.25, 0.3) is 0 Å². The van der Waals surface area contributed by atoms with Crippen molar-refractivity contribution in [2.75, 3.05) is 20.8 Å². The van der Waals surface area contributed by atoms with Crippen molar-refractivity contribution in [1.29, 1.82) is 0 Å². The fourth-order valence-corrected chi connectivity index (χ4v) is 2.86. The van der Waals surface area contributed by atoms with Crippen LogP contribution in [-0.2, 0) is 0 Å². The first kappa shape index (κ1) is 20.6. The van der Waals surface area contributed by atoms with Crippen molar-refractivity contribution in [2.45, 2.75) is 33.1 Å². The minimum atomic E-state index is 0.208. The van der Waals surface area contributed by atoms with Gasteiger partial charge in [-0.2, -0.15) is 0 Å². The Morgan fingerprint density at radius 1 is 1.00 bits per heavy atom. The third-order valence-corrected chi connectivity index (χ3v) is 4.67. The summed E-state index contributed by atoms with van der Waals surface area (Å²) in [5, 5.41) is 8.86. The molecule has 0 aliphatic carbocycles. The van der Waals surface area contributed by atoms with Crippen molar-refractivity contribution >= 4 is 5.57 Å². The number of hydrogen-bond donors (Lipinski definition) is 1. The lowest BCUT2D eigenvalue weighted by Crippen LogP contribution is -1.96. The summed E-state index contributed by atoms with van der Waals surface area (Å²) in [6, 6.07) is 10.1. The van der Waals surface area contributed by atoms with E-state index in [9.17, 15) is 0 Å². The largest absolute Gasteiger partial charge is 0.496 e. The molecule has 0 radical (unpaired) electrons. The molecule has 27 heavy (non-hydrogen) atoms. The SMILES string of the molecule is C=C(c1ccc(OC)c(C#CCCCCO)c1)c1cc(C)c(C)c(OC)c1. The summed E-state index contributed by atoms with van der Waals surface area (Å²) in [5.41, 5.74) is 6.10. The Bertz CT molecular complexity index is 869. The van der Waals surface area contributed by atoms with E-state index in [2.05, 4.69) is 38.3 Å². The highest BCUT2D eigenvalue weighted by Gasteiger charge is 2.11. The van der Waals surface area contributed by atoms with E-state index in [0.29, 0.717) is 0 Å². The zero-order chi connectivity index (χ0) is 19.8. The van der Waals surface area contributed by atoms with Crippen LogP contribution >= 0.6 is 0 Å². The summed E-state index contributed by atoms with van der Waals surface area (Å²) in [7, 11) is 3.33. The quantitative estimate of drug-likeness (QED) is 0.561. The van der Waals surface area contributed by atoms with Gasteiger partial charge in [0.1, 0.15) is 11.5 Å². The van der Waals surface area contributed by atoms with Crippen molar-refractivity contribution in [2.24, 2.45) is 0 Å². The number of aliphatic hydroxyl groups excluding tert-OH is 1. The van der Waals surface area contributed by atoms with Crippen LogP contribution in [-0.4, -0.2) is 25.9 Å². The van der Waals surface area contributed by atoms with E-state index in [1.54, 1.807) is 14.2 Å². The van der Waals surface area contributed by atoms with Gasteiger partial charge in [-0.1, -0.05) is 30.6 Å². The first-order chi connectivity index (χ1) is 13.0. The van der Waals surface area contributed by atoms with Crippen LogP contribution in [0.15, 0.2) is 36.9 Å². The van der Waals surface area contributed by atoms with Crippen LogP contribution in [0, 0.1) is 25.7 Å². The zero-order valence-electron chi connectivity index (χ0n) is 16.7. The van der Waals surface area contributed by atoms with E-state index in [0.717, 1.165) is 58.6 Å². The standard InChI is InChI=1S/C24H28O3/c1-17-14-22(16-24(27-5)18(17)2)19(3)20-11-12-23(26-4)21(15-20)10-8-6-7-9-13-25/h11-12,14-16,25H,3,6-7,9,13H2,1-2,4-5H3. The lowest BCUT2D eigenvalue weighted by Gasteiger charge is -2.14. The second-order valence-corrected chi connectivity index (χ2v) is 6.50. The molecule has 2 aromatic carbocycles. The lowest BCUT2D eigenvalue weighted by atomic mass is 9.94. The summed E-state index contributed by atoms with van der Waals surface area (Å²) < 4.78 is 10.9. The molecule has 3 nitrogen and oxygen atoms in total. The number of unbranched alkanes of at least 4 members (excludes halogenated alkanes) is 2. The third-order valence-electron chi connectivity index (χ3n) is 4.67. The molecule has 0 unspecified atom stereocenters.